The van der Waals surface area contributed by atoms with Crippen molar-refractivity contribution in [3.8, 4) is 0 Å². The molecule has 3 atom stereocenters. The van der Waals surface area contributed by atoms with Gasteiger partial charge in [0.05, 0.1) is 18.6 Å². The van der Waals surface area contributed by atoms with E-state index in [0.29, 0.717) is 31.5 Å². The van der Waals surface area contributed by atoms with Gasteiger partial charge in [0.15, 0.2) is 0 Å². The van der Waals surface area contributed by atoms with Crippen LogP contribution in [-0.4, -0.2) is 42.5 Å². The number of rotatable bonds is 3. The lowest BCUT2D eigenvalue weighted by Gasteiger charge is -2.32. The first-order valence-corrected chi connectivity index (χ1v) is 7.34. The van der Waals surface area contributed by atoms with Gasteiger partial charge in [-0.3, -0.25) is 4.79 Å². The van der Waals surface area contributed by atoms with Gasteiger partial charge in [0.25, 0.3) is 0 Å². The van der Waals surface area contributed by atoms with Crippen LogP contribution in [0, 0.1) is 5.92 Å². The molecule has 3 unspecified atom stereocenters. The molecule has 19 heavy (non-hydrogen) atoms. The highest BCUT2D eigenvalue weighted by Crippen LogP contribution is 2.48. The van der Waals surface area contributed by atoms with Crippen molar-refractivity contribution >= 4 is 17.5 Å². The van der Waals surface area contributed by atoms with Crippen LogP contribution in [0.15, 0.2) is 30.3 Å². The molecule has 1 heterocycles. The van der Waals surface area contributed by atoms with Crippen LogP contribution >= 0.6 is 11.6 Å². The minimum Gasteiger partial charge on any atom is -0.373 e. The fourth-order valence-electron chi connectivity index (χ4n) is 2.78. The third-order valence-corrected chi connectivity index (χ3v) is 4.30. The summed E-state index contributed by atoms with van der Waals surface area (Å²) in [6.07, 6.45) is 0.972. The molecule has 0 bridgehead atoms. The number of carbonyl (C=O) groups excluding carboxylic acids is 1. The summed E-state index contributed by atoms with van der Waals surface area (Å²) in [6.45, 7) is 1.94. The van der Waals surface area contributed by atoms with Crippen molar-refractivity contribution in [1.82, 2.24) is 4.90 Å². The second kappa shape index (κ2) is 5.51. The van der Waals surface area contributed by atoms with Gasteiger partial charge >= 0.3 is 0 Å². The molecular formula is C15H18ClNO2. The molecule has 1 saturated heterocycles. The predicted molar refractivity (Wildman–Crippen MR) is 74.3 cm³/mol. The Kier molecular flexibility index (Phi) is 3.76. The van der Waals surface area contributed by atoms with Crippen LogP contribution < -0.4 is 0 Å². The van der Waals surface area contributed by atoms with Gasteiger partial charge in [0.1, 0.15) is 0 Å². The molecule has 0 spiro atoms. The van der Waals surface area contributed by atoms with Crippen molar-refractivity contribution in [3.63, 3.8) is 0 Å². The van der Waals surface area contributed by atoms with Gasteiger partial charge < -0.3 is 9.64 Å². The third-order valence-electron chi connectivity index (χ3n) is 3.96. The predicted octanol–water partition coefficient (Wildman–Crippen LogP) is 2.26. The van der Waals surface area contributed by atoms with Crippen molar-refractivity contribution in [2.45, 2.75) is 18.4 Å². The standard InChI is InChI=1S/C15H18ClNO2/c16-9-12-10-17(6-7-19-12)15(18)14-8-13(14)11-4-2-1-3-5-11/h1-5,12-14H,6-10H2. The summed E-state index contributed by atoms with van der Waals surface area (Å²) < 4.78 is 5.49. The van der Waals surface area contributed by atoms with Crippen molar-refractivity contribution < 1.29 is 9.53 Å². The van der Waals surface area contributed by atoms with Crippen LogP contribution in [0.4, 0.5) is 0 Å². The average molecular weight is 280 g/mol. The molecule has 2 fully saturated rings. The maximum absolute atomic E-state index is 12.4. The smallest absolute Gasteiger partial charge is 0.226 e. The largest absolute Gasteiger partial charge is 0.373 e. The summed E-state index contributed by atoms with van der Waals surface area (Å²) in [4.78, 5) is 14.4. The zero-order valence-electron chi connectivity index (χ0n) is 10.8. The van der Waals surface area contributed by atoms with Crippen molar-refractivity contribution in [2.75, 3.05) is 25.6 Å². The van der Waals surface area contributed by atoms with E-state index < -0.39 is 0 Å². The Morgan fingerprint density at radius 1 is 1.37 bits per heavy atom. The number of benzene rings is 1. The van der Waals surface area contributed by atoms with Gasteiger partial charge in [-0.05, 0) is 17.9 Å². The Hall–Kier alpha value is -1.06. The number of amides is 1. The molecule has 1 amide bonds. The molecule has 0 N–H and O–H groups in total. The lowest BCUT2D eigenvalue weighted by Crippen LogP contribution is -2.47. The van der Waals surface area contributed by atoms with Crippen LogP contribution in [0.2, 0.25) is 0 Å². The maximum atomic E-state index is 12.4. The van der Waals surface area contributed by atoms with E-state index in [4.69, 9.17) is 16.3 Å². The highest BCUT2D eigenvalue weighted by molar-refractivity contribution is 6.18. The number of hydrogen-bond acceptors (Lipinski definition) is 2. The van der Waals surface area contributed by atoms with E-state index in [1.165, 1.54) is 5.56 Å². The number of alkyl halides is 1. The molecular weight excluding hydrogens is 262 g/mol. The normalized spacial score (nSPS) is 30.2. The molecule has 2 aliphatic rings. The van der Waals surface area contributed by atoms with Crippen molar-refractivity contribution in [3.05, 3.63) is 35.9 Å². The summed E-state index contributed by atoms with van der Waals surface area (Å²) >= 11 is 5.81. The fourth-order valence-corrected chi connectivity index (χ4v) is 2.97. The zero-order valence-corrected chi connectivity index (χ0v) is 11.6. The van der Waals surface area contributed by atoms with Crippen molar-refractivity contribution in [1.29, 1.82) is 0 Å². The Bertz CT molecular complexity index is 451. The molecule has 3 nitrogen and oxygen atoms in total. The number of halogens is 1. The van der Waals surface area contributed by atoms with Gasteiger partial charge in [-0.1, -0.05) is 30.3 Å². The number of ether oxygens (including phenoxy) is 1. The summed E-state index contributed by atoms with van der Waals surface area (Å²) in [5.41, 5.74) is 1.28. The highest BCUT2D eigenvalue weighted by Gasteiger charge is 2.46. The van der Waals surface area contributed by atoms with E-state index >= 15 is 0 Å². The summed E-state index contributed by atoms with van der Waals surface area (Å²) in [5.74, 6) is 1.30. The molecule has 3 rings (SSSR count). The number of hydrogen-bond donors (Lipinski definition) is 0. The topological polar surface area (TPSA) is 29.5 Å². The fraction of sp³-hybridized carbons (Fsp3) is 0.533. The van der Waals surface area contributed by atoms with E-state index in [1.807, 2.05) is 23.1 Å². The van der Waals surface area contributed by atoms with E-state index in [0.717, 1.165) is 6.42 Å². The third kappa shape index (κ3) is 2.77. The molecule has 102 valence electrons. The molecule has 1 aliphatic heterocycles. The van der Waals surface area contributed by atoms with Crippen LogP contribution in [-0.2, 0) is 9.53 Å². The summed E-state index contributed by atoms with van der Waals surface area (Å²) in [5, 5.41) is 0. The minimum atomic E-state index is -0.00621. The summed E-state index contributed by atoms with van der Waals surface area (Å²) in [7, 11) is 0. The monoisotopic (exact) mass is 279 g/mol. The zero-order chi connectivity index (χ0) is 13.2. The molecule has 0 radical (unpaired) electrons. The van der Waals surface area contributed by atoms with Crippen molar-refractivity contribution in [2.24, 2.45) is 5.92 Å². The second-order valence-corrected chi connectivity index (χ2v) is 5.60. The van der Waals surface area contributed by atoms with Gasteiger partial charge in [0.2, 0.25) is 5.91 Å². The minimum absolute atomic E-state index is 0.00621. The first-order valence-electron chi connectivity index (χ1n) is 6.81. The Labute approximate surface area is 118 Å². The van der Waals surface area contributed by atoms with Gasteiger partial charge in [0, 0.05) is 19.0 Å². The van der Waals surface area contributed by atoms with Gasteiger partial charge in [-0.2, -0.15) is 0 Å². The average Bonchev–Trinajstić information content (AvgIpc) is 3.28. The molecule has 4 heteroatoms. The van der Waals surface area contributed by atoms with E-state index in [2.05, 4.69) is 12.1 Å². The first kappa shape index (κ1) is 12.9. The van der Waals surface area contributed by atoms with Gasteiger partial charge in [-0.25, -0.2) is 0 Å². The molecule has 1 saturated carbocycles. The molecule has 1 aromatic carbocycles. The van der Waals surface area contributed by atoms with E-state index in [9.17, 15) is 4.79 Å². The molecule has 0 aromatic heterocycles. The maximum Gasteiger partial charge on any atom is 0.226 e. The van der Waals surface area contributed by atoms with Gasteiger partial charge in [-0.15, -0.1) is 11.6 Å². The number of morpholine rings is 1. The number of nitrogens with zero attached hydrogens (tertiary/aromatic N) is 1. The lowest BCUT2D eigenvalue weighted by atomic mass is 10.1. The first-order chi connectivity index (χ1) is 9.29. The quantitative estimate of drug-likeness (QED) is 0.795. The van der Waals surface area contributed by atoms with E-state index in [-0.39, 0.29) is 17.9 Å². The van der Waals surface area contributed by atoms with E-state index in [1.54, 1.807) is 0 Å². The molecule has 1 aliphatic carbocycles. The Morgan fingerprint density at radius 2 is 2.16 bits per heavy atom. The Balaban J connectivity index is 1.60. The van der Waals surface area contributed by atoms with Crippen LogP contribution in [0.5, 0.6) is 0 Å². The van der Waals surface area contributed by atoms with Crippen LogP contribution in [0.1, 0.15) is 17.9 Å². The van der Waals surface area contributed by atoms with Crippen LogP contribution in [0.25, 0.3) is 0 Å². The second-order valence-electron chi connectivity index (χ2n) is 5.29. The SMILES string of the molecule is O=C(C1CC1c1ccccc1)N1CCOC(CCl)C1. The van der Waals surface area contributed by atoms with Crippen LogP contribution in [0.3, 0.4) is 0 Å². The number of carbonyl (C=O) groups is 1. The molecule has 1 aromatic rings. The Morgan fingerprint density at radius 3 is 2.89 bits per heavy atom. The highest BCUT2D eigenvalue weighted by atomic mass is 35.5. The summed E-state index contributed by atoms with van der Waals surface area (Å²) in [6, 6.07) is 10.3. The lowest BCUT2D eigenvalue weighted by molar-refractivity contribution is -0.139.